The monoisotopic (exact) mass is 742 g/mol. The molecule has 54 heavy (non-hydrogen) atoms. The number of ether oxygens (including phenoxy) is 2. The van der Waals surface area contributed by atoms with E-state index in [2.05, 4.69) is 63.3 Å². The number of nitrogens with one attached hydrogen (secondary N) is 2. The fraction of sp³-hybridized carbons (Fsp3) is 0.455. The van der Waals surface area contributed by atoms with Crippen LogP contribution in [-0.2, 0) is 25.5 Å². The van der Waals surface area contributed by atoms with E-state index in [-0.39, 0.29) is 59.6 Å². The van der Waals surface area contributed by atoms with Gasteiger partial charge in [-0.2, -0.15) is 5.70 Å². The van der Waals surface area contributed by atoms with Gasteiger partial charge in [0, 0.05) is 33.4 Å². The van der Waals surface area contributed by atoms with Crippen molar-refractivity contribution in [2.45, 2.75) is 99.5 Å². The summed E-state index contributed by atoms with van der Waals surface area (Å²) in [4.78, 5) is 39.0. The van der Waals surface area contributed by atoms with Crippen LogP contribution in [0.2, 0.25) is 0 Å². The van der Waals surface area contributed by atoms with Crippen LogP contribution in [0.3, 0.4) is 0 Å². The van der Waals surface area contributed by atoms with Gasteiger partial charge in [0.15, 0.2) is 0 Å². The summed E-state index contributed by atoms with van der Waals surface area (Å²) in [7, 11) is 1.34. The zero-order valence-electron chi connectivity index (χ0n) is 33.2. The van der Waals surface area contributed by atoms with Crippen molar-refractivity contribution in [2.24, 2.45) is 17.8 Å². The molecule has 3 aromatic rings. The van der Waals surface area contributed by atoms with Gasteiger partial charge >= 0.3 is 35.0 Å². The van der Waals surface area contributed by atoms with E-state index in [1.807, 2.05) is 32.1 Å². The van der Waals surface area contributed by atoms with Gasteiger partial charge in [-0.1, -0.05) is 75.6 Å². The van der Waals surface area contributed by atoms with Crippen molar-refractivity contribution >= 4 is 70.6 Å². The van der Waals surface area contributed by atoms with E-state index in [4.69, 9.17) is 19.8 Å². The molecule has 1 unspecified atom stereocenters. The minimum Gasteiger partial charge on any atom is -0.681 e. The Morgan fingerprint density at radius 2 is 1.76 bits per heavy atom. The number of esters is 2. The SMILES string of the molecule is C=Cc1c2[n-]c(c1C)/C=C1\[N-]C(C3=c4[nH]c(c(C)c4=C(O)[C@@H]3C(=O)OC)/C=c3\[nH]/c(c(C)c3CC)=C\2)[C@@H](CCC(=O)OC/C=C(\C)CCCCC)[C@@H]1C.[Mg+2]. The molecule has 0 aromatic carbocycles. The Morgan fingerprint density at radius 3 is 2.44 bits per heavy atom. The zero-order chi connectivity index (χ0) is 38.1. The molecule has 1 saturated heterocycles. The van der Waals surface area contributed by atoms with Crippen molar-refractivity contribution in [3.05, 3.63) is 95.4 Å². The van der Waals surface area contributed by atoms with E-state index in [1.54, 1.807) is 0 Å². The number of aromatic amines is 2. The zero-order valence-corrected chi connectivity index (χ0v) is 34.7. The fourth-order valence-corrected chi connectivity index (χ4v) is 8.47. The third-order valence-corrected chi connectivity index (χ3v) is 11.7. The van der Waals surface area contributed by atoms with Crippen LogP contribution < -0.4 is 26.3 Å². The van der Waals surface area contributed by atoms with E-state index < -0.39 is 17.9 Å². The molecule has 4 atom stereocenters. The predicted molar refractivity (Wildman–Crippen MR) is 217 cm³/mol. The molecule has 6 rings (SSSR count). The number of unbranched alkanes of at least 4 members (excludes halogenated alkanes) is 2. The average molecular weight is 743 g/mol. The van der Waals surface area contributed by atoms with Gasteiger partial charge < -0.3 is 34.8 Å². The maximum Gasteiger partial charge on any atom is 2.00 e. The minimum absolute atomic E-state index is 0. The quantitative estimate of drug-likeness (QED) is 0.0967. The summed E-state index contributed by atoms with van der Waals surface area (Å²) in [5.74, 6) is -2.17. The van der Waals surface area contributed by atoms with Crippen LogP contribution in [0.1, 0.15) is 111 Å². The topological polar surface area (TPSA) is 133 Å². The van der Waals surface area contributed by atoms with Crippen molar-refractivity contribution in [1.82, 2.24) is 15.0 Å². The number of carbonyl (C=O) groups excluding carboxylic acids is 2. The van der Waals surface area contributed by atoms with E-state index in [1.165, 1.54) is 31.1 Å². The molecule has 1 aliphatic carbocycles. The number of aliphatic hydroxyl groups is 1. The van der Waals surface area contributed by atoms with Gasteiger partial charge in [0.2, 0.25) is 0 Å². The van der Waals surface area contributed by atoms with Crippen molar-refractivity contribution in [1.29, 1.82) is 0 Å². The maximum atomic E-state index is 13.5. The Hall–Kier alpha value is -4.15. The second-order valence-corrected chi connectivity index (χ2v) is 14.9. The van der Waals surface area contributed by atoms with E-state index >= 15 is 0 Å². The summed E-state index contributed by atoms with van der Waals surface area (Å²) in [5, 5.41) is 20.4. The Labute approximate surface area is 334 Å². The molecule has 8 bridgehead atoms. The van der Waals surface area contributed by atoms with Gasteiger partial charge in [0.25, 0.3) is 0 Å². The number of rotatable bonds is 12. The van der Waals surface area contributed by atoms with E-state index in [0.717, 1.165) is 75.0 Å². The molecule has 282 valence electrons. The first-order valence-electron chi connectivity index (χ1n) is 19.1. The van der Waals surface area contributed by atoms with Crippen molar-refractivity contribution < 1.29 is 24.2 Å². The van der Waals surface area contributed by atoms with Crippen LogP contribution in [0.5, 0.6) is 0 Å². The summed E-state index contributed by atoms with van der Waals surface area (Å²) in [5.41, 5.74) is 10.3. The predicted octanol–water partition coefficient (Wildman–Crippen LogP) is 5.54. The van der Waals surface area contributed by atoms with Crippen molar-refractivity contribution in [2.75, 3.05) is 13.7 Å². The number of allylic oxidation sites excluding steroid dienone is 2. The maximum absolute atomic E-state index is 13.5. The van der Waals surface area contributed by atoms with Gasteiger partial charge in [0.05, 0.1) is 7.11 Å². The Bertz CT molecular complexity index is 2270. The summed E-state index contributed by atoms with van der Waals surface area (Å²) in [6.45, 7) is 19.0. The number of H-pyrrole nitrogens is 2. The number of carbonyl (C=O) groups is 2. The smallest absolute Gasteiger partial charge is 0.681 e. The molecule has 0 amide bonds. The van der Waals surface area contributed by atoms with Crippen LogP contribution in [0, 0.1) is 38.5 Å². The molecule has 0 saturated carbocycles. The number of hydrogen-bond acceptors (Lipinski definition) is 5. The van der Waals surface area contributed by atoms with Crippen molar-refractivity contribution in [3.63, 3.8) is 0 Å². The molecular weight excluding hydrogens is 689 g/mol. The molecule has 5 heterocycles. The molecule has 0 radical (unpaired) electrons. The first-order valence-corrected chi connectivity index (χ1v) is 19.1. The van der Waals surface area contributed by atoms with Crippen LogP contribution in [0.25, 0.3) is 41.0 Å². The third-order valence-electron chi connectivity index (χ3n) is 11.7. The summed E-state index contributed by atoms with van der Waals surface area (Å²) in [6, 6.07) is -0.526. The number of aliphatic hydroxyl groups excluding tert-OH is 1. The van der Waals surface area contributed by atoms with Crippen molar-refractivity contribution in [3.8, 4) is 0 Å². The second-order valence-electron chi connectivity index (χ2n) is 14.9. The molecule has 0 spiro atoms. The summed E-state index contributed by atoms with van der Waals surface area (Å²) >= 11 is 0. The normalized spacial score (nSPS) is 22.3. The summed E-state index contributed by atoms with van der Waals surface area (Å²) < 4.78 is 11.0. The van der Waals surface area contributed by atoms with Gasteiger partial charge in [-0.3, -0.25) is 9.59 Å². The molecule has 10 heteroatoms. The number of hydrogen-bond donors (Lipinski definition) is 3. The van der Waals surface area contributed by atoms with Gasteiger partial charge in [-0.25, -0.2) is 0 Å². The molecule has 3 N–H and O–H groups in total. The number of methoxy groups -OCH3 is 1. The largest absolute Gasteiger partial charge is 2.00 e. The number of nitrogens with zero attached hydrogens (tertiary/aromatic N) is 2. The molecular formula is C44H54MgN4O5. The van der Waals surface area contributed by atoms with Crippen LogP contribution >= 0.6 is 0 Å². The van der Waals surface area contributed by atoms with Crippen LogP contribution in [-0.4, -0.2) is 69.8 Å². The Balaban J connectivity index is 0.00000561. The van der Waals surface area contributed by atoms with Crippen LogP contribution in [0.4, 0.5) is 0 Å². The molecule has 2 aliphatic heterocycles. The average Bonchev–Trinajstić information content (AvgIpc) is 3.87. The van der Waals surface area contributed by atoms with E-state index in [9.17, 15) is 14.7 Å². The molecule has 3 aromatic heterocycles. The number of aromatic nitrogens is 3. The van der Waals surface area contributed by atoms with Gasteiger partial charge in [-0.05, 0) is 105 Å². The van der Waals surface area contributed by atoms with Gasteiger partial charge in [0.1, 0.15) is 18.3 Å². The molecule has 3 aliphatic rings. The first-order chi connectivity index (χ1) is 25.4. The number of fused-ring (bicyclic) bond motifs is 8. The molecule has 1 fully saturated rings. The first kappa shape index (κ1) is 41.0. The van der Waals surface area contributed by atoms with E-state index in [0.29, 0.717) is 22.6 Å². The fourth-order valence-electron chi connectivity index (χ4n) is 8.47. The summed E-state index contributed by atoms with van der Waals surface area (Å²) in [6.07, 6.45) is 16.0. The Kier molecular flexibility index (Phi) is 13.0. The second kappa shape index (κ2) is 17.1. The minimum atomic E-state index is -1.03. The third kappa shape index (κ3) is 7.56. The Morgan fingerprint density at radius 1 is 1.00 bits per heavy atom. The molecule has 9 nitrogen and oxygen atoms in total. The standard InChI is InChI=1S/C44H54N4O5.Mg/c1-10-13-14-15-23(4)18-19-53-37(49)17-16-30-26(7)33-20-31-24(5)28(11-2)35(45-31)21-32-25(6)29(12-3)36(46-32)22-34-27(8)38-42(48-34)39(41(30)47-33)40(43(38)50)44(51)52-9;/h11,18,20-22,26,30,40-41,46,48,50H,2,10,12-17,19H2,1,3-9H3;/q-2;+2/b23-18+,32-21-,33-20-,36-22-;/t26-,30-,40+,41?;/m0./s1. The van der Waals surface area contributed by atoms with Gasteiger partial charge in [-0.15, -0.1) is 11.4 Å². The van der Waals surface area contributed by atoms with Crippen LogP contribution in [0.15, 0.2) is 23.9 Å².